The van der Waals surface area contributed by atoms with E-state index in [0.717, 1.165) is 17.4 Å². The Morgan fingerprint density at radius 1 is 0.882 bits per heavy atom. The molecule has 0 aliphatic rings. The Morgan fingerprint density at radius 3 is 1.76 bits per heavy atom. The minimum absolute atomic E-state index is 0.262. The first kappa shape index (κ1) is 11.1. The van der Waals surface area contributed by atoms with Crippen LogP contribution >= 0.6 is 0 Å². The third kappa shape index (κ3) is 2.39. The van der Waals surface area contributed by atoms with Gasteiger partial charge in [0.15, 0.2) is 0 Å². The van der Waals surface area contributed by atoms with E-state index in [1.165, 1.54) is 0 Å². The summed E-state index contributed by atoms with van der Waals surface area (Å²) >= 11 is 0. The zero-order chi connectivity index (χ0) is 12.3. The fourth-order valence-electron chi connectivity index (χ4n) is 1.56. The van der Waals surface area contributed by atoms with Gasteiger partial charge in [0.25, 0.3) is 0 Å². The van der Waals surface area contributed by atoms with Gasteiger partial charge in [-0.1, -0.05) is 36.4 Å². The van der Waals surface area contributed by atoms with Crippen LogP contribution in [0.3, 0.4) is 0 Å². The third-order valence-electron chi connectivity index (χ3n) is 2.51. The van der Waals surface area contributed by atoms with Gasteiger partial charge in [-0.05, 0) is 23.3 Å². The largest absolute Gasteiger partial charge is 0.478 e. The van der Waals surface area contributed by atoms with Crippen molar-refractivity contribution in [2.45, 2.75) is 0 Å². The molecule has 3 heteroatoms. The summed E-state index contributed by atoms with van der Waals surface area (Å²) in [6.07, 6.45) is 0.789. The van der Waals surface area contributed by atoms with Crippen molar-refractivity contribution in [1.29, 1.82) is 0 Å². The number of rotatable bonds is 3. The summed E-state index contributed by atoms with van der Waals surface area (Å²) in [5, 5.41) is 8.78. The first-order valence-corrected chi connectivity index (χ1v) is 5.09. The zero-order valence-electron chi connectivity index (χ0n) is 8.96. The molecule has 0 aliphatic carbocycles. The highest BCUT2D eigenvalue weighted by Gasteiger charge is 2.02. The molecule has 2 aromatic rings. The number of aromatic carboxylic acids is 1. The summed E-state index contributed by atoms with van der Waals surface area (Å²) < 4.78 is 0. The molecule has 0 bridgehead atoms. The second kappa shape index (κ2) is 4.61. The van der Waals surface area contributed by atoms with Gasteiger partial charge in [-0.3, -0.25) is 4.79 Å². The molecular weight excluding hydrogens is 216 g/mol. The van der Waals surface area contributed by atoms with Crippen molar-refractivity contribution < 1.29 is 14.7 Å². The van der Waals surface area contributed by atoms with Crippen molar-refractivity contribution in [2.75, 3.05) is 0 Å². The lowest BCUT2D eigenvalue weighted by Crippen LogP contribution is -1.94. The minimum Gasteiger partial charge on any atom is -0.478 e. The van der Waals surface area contributed by atoms with E-state index in [4.69, 9.17) is 5.11 Å². The van der Waals surface area contributed by atoms with Gasteiger partial charge in [-0.2, -0.15) is 0 Å². The summed E-state index contributed by atoms with van der Waals surface area (Å²) in [5.74, 6) is -0.937. The van der Waals surface area contributed by atoms with E-state index in [0.29, 0.717) is 5.56 Å². The van der Waals surface area contributed by atoms with Crippen LogP contribution in [0.25, 0.3) is 11.1 Å². The molecule has 2 rings (SSSR count). The number of aldehydes is 1. The minimum atomic E-state index is -0.937. The molecule has 0 spiro atoms. The van der Waals surface area contributed by atoms with Crippen molar-refractivity contribution in [3.05, 3.63) is 59.7 Å². The Morgan fingerprint density at radius 2 is 1.35 bits per heavy atom. The van der Waals surface area contributed by atoms with Gasteiger partial charge in [-0.15, -0.1) is 0 Å². The molecule has 0 aliphatic heterocycles. The fourth-order valence-corrected chi connectivity index (χ4v) is 1.56. The van der Waals surface area contributed by atoms with E-state index in [-0.39, 0.29) is 5.56 Å². The van der Waals surface area contributed by atoms with E-state index in [9.17, 15) is 9.59 Å². The highest BCUT2D eigenvalue weighted by atomic mass is 16.4. The molecule has 0 heterocycles. The maximum atomic E-state index is 10.7. The smallest absolute Gasteiger partial charge is 0.335 e. The summed E-state index contributed by atoms with van der Waals surface area (Å²) in [5.41, 5.74) is 2.76. The van der Waals surface area contributed by atoms with Crippen molar-refractivity contribution in [3.8, 4) is 11.1 Å². The van der Waals surface area contributed by atoms with E-state index in [1.807, 2.05) is 12.1 Å². The molecule has 0 saturated carbocycles. The molecule has 0 atom stereocenters. The molecule has 1 N–H and O–H groups in total. The van der Waals surface area contributed by atoms with E-state index in [1.54, 1.807) is 36.4 Å². The lowest BCUT2D eigenvalue weighted by molar-refractivity contribution is 0.0696. The van der Waals surface area contributed by atoms with E-state index >= 15 is 0 Å². The van der Waals surface area contributed by atoms with Crippen molar-refractivity contribution in [3.63, 3.8) is 0 Å². The summed E-state index contributed by atoms with van der Waals surface area (Å²) in [7, 11) is 0. The van der Waals surface area contributed by atoms with Crippen LogP contribution in [0.5, 0.6) is 0 Å². The maximum absolute atomic E-state index is 10.7. The fraction of sp³-hybridized carbons (Fsp3) is 0. The molecule has 0 radical (unpaired) electrons. The summed E-state index contributed by atoms with van der Waals surface area (Å²) in [6, 6.07) is 13.7. The molecule has 17 heavy (non-hydrogen) atoms. The quantitative estimate of drug-likeness (QED) is 0.819. The monoisotopic (exact) mass is 226 g/mol. The number of carboxylic acid groups (broad SMARTS) is 1. The second-order valence-electron chi connectivity index (χ2n) is 3.62. The Labute approximate surface area is 98.3 Å². The van der Waals surface area contributed by atoms with Crippen LogP contribution in [-0.4, -0.2) is 17.4 Å². The van der Waals surface area contributed by atoms with Gasteiger partial charge in [0, 0.05) is 5.56 Å². The predicted molar refractivity (Wildman–Crippen MR) is 64.2 cm³/mol. The second-order valence-corrected chi connectivity index (χ2v) is 3.62. The number of carbonyl (C=O) groups excluding carboxylic acids is 1. The molecule has 2 aromatic carbocycles. The topological polar surface area (TPSA) is 54.4 Å². The third-order valence-corrected chi connectivity index (χ3v) is 2.51. The van der Waals surface area contributed by atoms with Gasteiger partial charge in [0.05, 0.1) is 5.56 Å². The van der Waals surface area contributed by atoms with Crippen LogP contribution in [0, 0.1) is 0 Å². The van der Waals surface area contributed by atoms with Gasteiger partial charge < -0.3 is 5.11 Å². The predicted octanol–water partition coefficient (Wildman–Crippen LogP) is 2.86. The Hall–Kier alpha value is -2.42. The van der Waals surface area contributed by atoms with Gasteiger partial charge in [0.2, 0.25) is 0 Å². The zero-order valence-corrected chi connectivity index (χ0v) is 8.96. The average molecular weight is 226 g/mol. The number of hydrogen-bond acceptors (Lipinski definition) is 2. The van der Waals surface area contributed by atoms with Gasteiger partial charge >= 0.3 is 5.97 Å². The van der Waals surface area contributed by atoms with Crippen molar-refractivity contribution in [2.24, 2.45) is 0 Å². The first-order valence-electron chi connectivity index (χ1n) is 5.09. The van der Waals surface area contributed by atoms with E-state index < -0.39 is 5.97 Å². The van der Waals surface area contributed by atoms with Crippen molar-refractivity contribution >= 4 is 12.3 Å². The van der Waals surface area contributed by atoms with Gasteiger partial charge in [0.1, 0.15) is 6.29 Å². The number of carboxylic acids is 1. The van der Waals surface area contributed by atoms with Crippen molar-refractivity contribution in [1.82, 2.24) is 0 Å². The summed E-state index contributed by atoms with van der Waals surface area (Å²) in [4.78, 5) is 21.2. The number of benzene rings is 2. The lowest BCUT2D eigenvalue weighted by atomic mass is 10.0. The molecule has 0 aromatic heterocycles. The molecule has 0 fully saturated rings. The molecular formula is C14H10O3. The van der Waals surface area contributed by atoms with Crippen LogP contribution in [0.4, 0.5) is 0 Å². The van der Waals surface area contributed by atoms with Crippen LogP contribution in [0.15, 0.2) is 48.5 Å². The standard InChI is InChI=1S/C14H10O3/c15-9-10-1-3-11(4-2-10)12-5-7-13(8-6-12)14(16)17/h1-9H,(H,16,17). The highest BCUT2D eigenvalue weighted by Crippen LogP contribution is 2.20. The summed E-state index contributed by atoms with van der Waals surface area (Å²) in [6.45, 7) is 0. The number of hydrogen-bond donors (Lipinski definition) is 1. The number of carbonyl (C=O) groups is 2. The van der Waals surface area contributed by atoms with Crippen LogP contribution in [0.2, 0.25) is 0 Å². The Kier molecular flexibility index (Phi) is 3.01. The van der Waals surface area contributed by atoms with Crippen LogP contribution in [-0.2, 0) is 0 Å². The molecule has 3 nitrogen and oxygen atoms in total. The lowest BCUT2D eigenvalue weighted by Gasteiger charge is -2.02. The SMILES string of the molecule is O=Cc1ccc(-c2ccc(C(=O)O)cc2)cc1. The average Bonchev–Trinajstić information content (AvgIpc) is 2.39. The van der Waals surface area contributed by atoms with Gasteiger partial charge in [-0.25, -0.2) is 4.79 Å². The molecule has 0 saturated heterocycles. The Balaban J connectivity index is 2.32. The molecule has 0 amide bonds. The van der Waals surface area contributed by atoms with Crippen LogP contribution in [0.1, 0.15) is 20.7 Å². The Bertz CT molecular complexity index is 539. The maximum Gasteiger partial charge on any atom is 0.335 e. The highest BCUT2D eigenvalue weighted by molar-refractivity contribution is 5.88. The van der Waals surface area contributed by atoms with Crippen LogP contribution < -0.4 is 0 Å². The molecule has 0 unspecified atom stereocenters. The first-order chi connectivity index (χ1) is 8.20. The van der Waals surface area contributed by atoms with E-state index in [2.05, 4.69) is 0 Å². The molecule has 84 valence electrons. The normalized spacial score (nSPS) is 9.88.